The lowest BCUT2D eigenvalue weighted by Gasteiger charge is -2.17. The van der Waals surface area contributed by atoms with Gasteiger partial charge in [0.15, 0.2) is 0 Å². The van der Waals surface area contributed by atoms with Crippen molar-refractivity contribution in [3.05, 3.63) is 47.0 Å². The minimum absolute atomic E-state index is 0.0428. The summed E-state index contributed by atoms with van der Waals surface area (Å²) in [4.78, 5) is 0. The van der Waals surface area contributed by atoms with Gasteiger partial charge in [-0.25, -0.2) is 0 Å². The quantitative estimate of drug-likeness (QED) is 0.456. The molecule has 0 saturated heterocycles. The van der Waals surface area contributed by atoms with Gasteiger partial charge in [-0.3, -0.25) is 11.3 Å². The third-order valence-electron chi connectivity index (χ3n) is 2.03. The second kappa shape index (κ2) is 5.15. The molecule has 3 heteroatoms. The Morgan fingerprint density at radius 3 is 2.71 bits per heavy atom. The normalized spacial score (nSPS) is 12.5. The van der Waals surface area contributed by atoms with Gasteiger partial charge in [0.2, 0.25) is 0 Å². The highest BCUT2D eigenvalue weighted by molar-refractivity contribution is 6.31. The van der Waals surface area contributed by atoms with Crippen LogP contribution >= 0.6 is 11.6 Å². The first-order valence-electron chi connectivity index (χ1n) is 4.50. The first-order chi connectivity index (χ1) is 6.65. The summed E-state index contributed by atoms with van der Waals surface area (Å²) in [6, 6.07) is 7.72. The fourth-order valence-corrected chi connectivity index (χ4v) is 1.63. The molecule has 0 aliphatic carbocycles. The SMILES string of the molecule is C=C(C)CC(NN)c1ccccc1Cl. The van der Waals surface area contributed by atoms with E-state index in [-0.39, 0.29) is 6.04 Å². The zero-order valence-electron chi connectivity index (χ0n) is 8.26. The molecule has 0 spiro atoms. The van der Waals surface area contributed by atoms with E-state index >= 15 is 0 Å². The summed E-state index contributed by atoms with van der Waals surface area (Å²) in [5, 5.41) is 0.733. The van der Waals surface area contributed by atoms with Gasteiger partial charge in [0.1, 0.15) is 0 Å². The zero-order valence-corrected chi connectivity index (χ0v) is 9.01. The van der Waals surface area contributed by atoms with E-state index in [9.17, 15) is 0 Å². The molecule has 3 N–H and O–H groups in total. The van der Waals surface area contributed by atoms with Crippen LogP contribution in [0, 0.1) is 0 Å². The van der Waals surface area contributed by atoms with Gasteiger partial charge in [0.25, 0.3) is 0 Å². The average molecular weight is 211 g/mol. The molecular formula is C11H15ClN2. The molecule has 1 aromatic carbocycles. The first-order valence-corrected chi connectivity index (χ1v) is 4.88. The molecule has 0 aromatic heterocycles. The van der Waals surface area contributed by atoms with Crippen LogP contribution in [0.5, 0.6) is 0 Å². The zero-order chi connectivity index (χ0) is 10.6. The van der Waals surface area contributed by atoms with Crippen molar-refractivity contribution in [3.63, 3.8) is 0 Å². The average Bonchev–Trinajstić information content (AvgIpc) is 2.15. The van der Waals surface area contributed by atoms with Gasteiger partial charge in [-0.15, -0.1) is 6.58 Å². The molecule has 0 heterocycles. The van der Waals surface area contributed by atoms with E-state index in [1.54, 1.807) is 0 Å². The maximum atomic E-state index is 6.06. The number of hydrogen-bond acceptors (Lipinski definition) is 2. The summed E-state index contributed by atoms with van der Waals surface area (Å²) < 4.78 is 0. The van der Waals surface area contributed by atoms with Crippen molar-refractivity contribution in [1.82, 2.24) is 5.43 Å². The topological polar surface area (TPSA) is 38.0 Å². The number of halogens is 1. The van der Waals surface area contributed by atoms with Crippen molar-refractivity contribution < 1.29 is 0 Å². The maximum absolute atomic E-state index is 6.06. The minimum Gasteiger partial charge on any atom is -0.271 e. The second-order valence-corrected chi connectivity index (χ2v) is 3.81. The molecule has 0 radical (unpaired) electrons. The van der Waals surface area contributed by atoms with E-state index in [0.29, 0.717) is 0 Å². The van der Waals surface area contributed by atoms with Crippen molar-refractivity contribution in [2.75, 3.05) is 0 Å². The summed E-state index contributed by atoms with van der Waals surface area (Å²) in [5.74, 6) is 5.47. The predicted octanol–water partition coefficient (Wildman–Crippen LogP) is 2.81. The highest BCUT2D eigenvalue weighted by Crippen LogP contribution is 2.26. The Labute approximate surface area is 89.7 Å². The smallest absolute Gasteiger partial charge is 0.0511 e. The van der Waals surface area contributed by atoms with Gasteiger partial charge < -0.3 is 0 Å². The monoisotopic (exact) mass is 210 g/mol. The molecule has 0 bridgehead atoms. The van der Waals surface area contributed by atoms with E-state index in [2.05, 4.69) is 12.0 Å². The molecule has 0 amide bonds. The lowest BCUT2D eigenvalue weighted by molar-refractivity contribution is 0.550. The summed E-state index contributed by atoms with van der Waals surface area (Å²) in [6.45, 7) is 5.83. The van der Waals surface area contributed by atoms with Crippen molar-refractivity contribution in [2.45, 2.75) is 19.4 Å². The molecule has 1 rings (SSSR count). The van der Waals surface area contributed by atoms with Crippen molar-refractivity contribution in [2.24, 2.45) is 5.84 Å². The maximum Gasteiger partial charge on any atom is 0.0511 e. The Balaban J connectivity index is 2.89. The van der Waals surface area contributed by atoms with Crippen LogP contribution in [0.3, 0.4) is 0 Å². The van der Waals surface area contributed by atoms with E-state index in [1.807, 2.05) is 31.2 Å². The number of nitrogens with one attached hydrogen (secondary N) is 1. The number of hydrazine groups is 1. The van der Waals surface area contributed by atoms with Gasteiger partial charge in [-0.05, 0) is 25.0 Å². The summed E-state index contributed by atoms with van der Waals surface area (Å²) >= 11 is 6.06. The molecule has 1 atom stereocenters. The van der Waals surface area contributed by atoms with Gasteiger partial charge in [-0.1, -0.05) is 35.4 Å². The first kappa shape index (κ1) is 11.2. The van der Waals surface area contributed by atoms with Crippen molar-refractivity contribution in [3.8, 4) is 0 Å². The Morgan fingerprint density at radius 2 is 2.21 bits per heavy atom. The lowest BCUT2D eigenvalue weighted by Crippen LogP contribution is -2.28. The van der Waals surface area contributed by atoms with Crippen molar-refractivity contribution in [1.29, 1.82) is 0 Å². The van der Waals surface area contributed by atoms with E-state index in [1.165, 1.54) is 0 Å². The number of rotatable bonds is 4. The van der Waals surface area contributed by atoms with Gasteiger partial charge in [-0.2, -0.15) is 0 Å². The van der Waals surface area contributed by atoms with Crippen LogP contribution in [0.25, 0.3) is 0 Å². The lowest BCUT2D eigenvalue weighted by atomic mass is 10.0. The highest BCUT2D eigenvalue weighted by atomic mass is 35.5. The Hall–Kier alpha value is -0.830. The number of hydrogen-bond donors (Lipinski definition) is 2. The van der Waals surface area contributed by atoms with Crippen LogP contribution in [0.2, 0.25) is 5.02 Å². The summed E-state index contributed by atoms with van der Waals surface area (Å²) in [6.07, 6.45) is 0.792. The summed E-state index contributed by atoms with van der Waals surface area (Å²) in [5.41, 5.74) is 4.84. The van der Waals surface area contributed by atoms with Gasteiger partial charge in [0.05, 0.1) is 6.04 Å². The Bertz CT molecular complexity index is 323. The van der Waals surface area contributed by atoms with Gasteiger partial charge in [0, 0.05) is 5.02 Å². The molecule has 2 nitrogen and oxygen atoms in total. The Morgan fingerprint density at radius 1 is 1.57 bits per heavy atom. The predicted molar refractivity (Wildman–Crippen MR) is 60.9 cm³/mol. The second-order valence-electron chi connectivity index (χ2n) is 3.40. The standard InChI is InChI=1S/C11H15ClN2/c1-8(2)7-11(14-13)9-5-3-4-6-10(9)12/h3-6,11,14H,1,7,13H2,2H3. The van der Waals surface area contributed by atoms with E-state index < -0.39 is 0 Å². The molecule has 14 heavy (non-hydrogen) atoms. The number of benzene rings is 1. The number of nitrogens with two attached hydrogens (primary N) is 1. The van der Waals surface area contributed by atoms with Crippen molar-refractivity contribution >= 4 is 11.6 Å². The van der Waals surface area contributed by atoms with Gasteiger partial charge >= 0.3 is 0 Å². The molecule has 1 unspecified atom stereocenters. The van der Waals surface area contributed by atoms with Crippen LogP contribution in [0.1, 0.15) is 24.9 Å². The molecule has 0 saturated carbocycles. The molecule has 0 aliphatic rings. The molecule has 76 valence electrons. The minimum atomic E-state index is 0.0428. The third kappa shape index (κ3) is 2.84. The van der Waals surface area contributed by atoms with E-state index in [4.69, 9.17) is 17.4 Å². The van der Waals surface area contributed by atoms with E-state index in [0.717, 1.165) is 22.6 Å². The van der Waals surface area contributed by atoms with Crippen LogP contribution in [0.15, 0.2) is 36.4 Å². The molecular weight excluding hydrogens is 196 g/mol. The van der Waals surface area contributed by atoms with Crippen LogP contribution < -0.4 is 11.3 Å². The third-order valence-corrected chi connectivity index (χ3v) is 2.38. The molecule has 1 aromatic rings. The molecule has 0 fully saturated rings. The summed E-state index contributed by atoms with van der Waals surface area (Å²) in [7, 11) is 0. The Kier molecular flexibility index (Phi) is 4.14. The largest absolute Gasteiger partial charge is 0.271 e. The molecule has 0 aliphatic heterocycles. The van der Waals surface area contributed by atoms with Crippen LogP contribution in [-0.2, 0) is 0 Å². The fourth-order valence-electron chi connectivity index (χ4n) is 1.36. The highest BCUT2D eigenvalue weighted by Gasteiger charge is 2.12. The van der Waals surface area contributed by atoms with Crippen LogP contribution in [0.4, 0.5) is 0 Å². The fraction of sp³-hybridized carbons (Fsp3) is 0.273. The van der Waals surface area contributed by atoms with Crippen LogP contribution in [-0.4, -0.2) is 0 Å².